The average Bonchev–Trinajstić information content (AvgIpc) is 2.96. The molecule has 0 saturated carbocycles. The zero-order chi connectivity index (χ0) is 20.8. The molecule has 1 fully saturated rings. The number of halogens is 1. The van der Waals surface area contributed by atoms with E-state index in [-0.39, 0.29) is 24.0 Å². The highest BCUT2D eigenvalue weighted by molar-refractivity contribution is 14.0. The van der Waals surface area contributed by atoms with E-state index in [0.717, 1.165) is 49.2 Å². The Morgan fingerprint density at radius 3 is 2.65 bits per heavy atom. The first-order chi connectivity index (χ1) is 14.7. The van der Waals surface area contributed by atoms with Crippen LogP contribution in [0, 0.1) is 5.92 Å². The fourth-order valence-corrected chi connectivity index (χ4v) is 4.20. The molecule has 2 aliphatic heterocycles. The number of hydrogen-bond acceptors (Lipinski definition) is 4. The average molecular weight is 536 g/mol. The van der Waals surface area contributed by atoms with Gasteiger partial charge in [-0.15, -0.1) is 24.0 Å². The van der Waals surface area contributed by atoms with Gasteiger partial charge in [-0.3, -0.25) is 9.89 Å². The van der Waals surface area contributed by atoms with Gasteiger partial charge in [0.25, 0.3) is 0 Å². The number of rotatable bonds is 5. The fraction of sp³-hybridized carbons (Fsp3) is 0.458. The summed E-state index contributed by atoms with van der Waals surface area (Å²) >= 11 is 0. The largest absolute Gasteiger partial charge is 0.490 e. The summed E-state index contributed by atoms with van der Waals surface area (Å²) < 4.78 is 11.5. The van der Waals surface area contributed by atoms with Gasteiger partial charge in [0.05, 0.1) is 13.2 Å². The molecule has 7 heteroatoms. The first-order valence-corrected chi connectivity index (χ1v) is 10.9. The molecule has 2 aliphatic rings. The molecule has 2 aromatic carbocycles. The smallest absolute Gasteiger partial charge is 0.195 e. The van der Waals surface area contributed by atoms with Crippen LogP contribution in [0.4, 0.5) is 5.69 Å². The summed E-state index contributed by atoms with van der Waals surface area (Å²) in [6.45, 7) is 6.73. The summed E-state index contributed by atoms with van der Waals surface area (Å²) in [5.74, 6) is 2.97. The Labute approximate surface area is 202 Å². The number of nitrogens with one attached hydrogen (secondary N) is 2. The molecule has 4 rings (SSSR count). The molecule has 1 saturated heterocycles. The number of guanidine groups is 1. The Bertz CT molecular complexity index is 862. The highest BCUT2D eigenvalue weighted by Crippen LogP contribution is 2.32. The molecule has 0 spiro atoms. The third kappa shape index (κ3) is 6.49. The van der Waals surface area contributed by atoms with Crippen molar-refractivity contribution in [3.05, 3.63) is 54.1 Å². The summed E-state index contributed by atoms with van der Waals surface area (Å²) in [4.78, 5) is 6.96. The van der Waals surface area contributed by atoms with Gasteiger partial charge in [0.1, 0.15) is 0 Å². The van der Waals surface area contributed by atoms with Gasteiger partial charge in [0.15, 0.2) is 17.5 Å². The minimum Gasteiger partial charge on any atom is -0.490 e. The van der Waals surface area contributed by atoms with Crippen LogP contribution in [-0.4, -0.2) is 50.3 Å². The maximum absolute atomic E-state index is 5.79. The minimum absolute atomic E-state index is 0. The van der Waals surface area contributed by atoms with Gasteiger partial charge >= 0.3 is 0 Å². The van der Waals surface area contributed by atoms with Gasteiger partial charge in [-0.2, -0.15) is 0 Å². The Kier molecular flexibility index (Phi) is 8.83. The maximum atomic E-state index is 5.79. The first-order valence-electron chi connectivity index (χ1n) is 10.9. The highest BCUT2D eigenvalue weighted by atomic mass is 127. The molecular weight excluding hydrogens is 503 g/mol. The van der Waals surface area contributed by atoms with Crippen molar-refractivity contribution in [2.24, 2.45) is 10.9 Å². The van der Waals surface area contributed by atoms with Crippen LogP contribution in [0.5, 0.6) is 11.5 Å². The summed E-state index contributed by atoms with van der Waals surface area (Å²) in [5.41, 5.74) is 2.32. The van der Waals surface area contributed by atoms with Gasteiger partial charge in [-0.1, -0.05) is 30.3 Å². The lowest BCUT2D eigenvalue weighted by atomic mass is 10.1. The van der Waals surface area contributed by atoms with Crippen molar-refractivity contribution in [2.75, 3.05) is 38.7 Å². The standard InChI is InChI=1S/C24H32N4O2.HI/c1-18-13-20(17-28(18)16-19-7-4-3-5-8-19)15-26-24(25-2)27-21-9-10-22-23(14-21)30-12-6-11-29-22;/h3-5,7-10,14,18,20H,6,11-13,15-17H2,1-2H3,(H2,25,26,27);1H. The molecule has 2 heterocycles. The second-order valence-electron chi connectivity index (χ2n) is 8.16. The molecule has 0 aromatic heterocycles. The van der Waals surface area contributed by atoms with Crippen molar-refractivity contribution in [3.63, 3.8) is 0 Å². The number of anilines is 1. The van der Waals surface area contributed by atoms with E-state index in [1.165, 1.54) is 12.0 Å². The Hall–Kier alpha value is -2.00. The van der Waals surface area contributed by atoms with Gasteiger partial charge in [0.2, 0.25) is 0 Å². The van der Waals surface area contributed by atoms with Crippen LogP contribution in [0.2, 0.25) is 0 Å². The van der Waals surface area contributed by atoms with Crippen molar-refractivity contribution >= 4 is 35.6 Å². The molecule has 0 aliphatic carbocycles. The lowest BCUT2D eigenvalue weighted by Gasteiger charge is -2.21. The molecule has 2 aromatic rings. The molecule has 0 bridgehead atoms. The molecule has 168 valence electrons. The van der Waals surface area contributed by atoms with Crippen LogP contribution in [0.25, 0.3) is 0 Å². The van der Waals surface area contributed by atoms with E-state index in [0.29, 0.717) is 25.2 Å². The highest BCUT2D eigenvalue weighted by Gasteiger charge is 2.28. The Morgan fingerprint density at radius 2 is 1.87 bits per heavy atom. The van der Waals surface area contributed by atoms with Crippen LogP contribution in [0.3, 0.4) is 0 Å². The molecular formula is C24H33IN4O2. The molecule has 0 amide bonds. The van der Waals surface area contributed by atoms with Crippen molar-refractivity contribution in [3.8, 4) is 11.5 Å². The van der Waals surface area contributed by atoms with Crippen molar-refractivity contribution in [1.82, 2.24) is 10.2 Å². The SMILES string of the molecule is CN=C(NCC1CC(C)N(Cc2ccccc2)C1)Nc1ccc2c(c1)OCCCO2.I. The van der Waals surface area contributed by atoms with E-state index in [1.54, 1.807) is 7.05 Å². The van der Waals surface area contributed by atoms with Crippen LogP contribution >= 0.6 is 24.0 Å². The van der Waals surface area contributed by atoms with Gasteiger partial charge in [0, 0.05) is 50.9 Å². The van der Waals surface area contributed by atoms with E-state index in [9.17, 15) is 0 Å². The third-order valence-electron chi connectivity index (χ3n) is 5.81. The number of aliphatic imine (C=N–C) groups is 1. The third-order valence-corrected chi connectivity index (χ3v) is 5.81. The van der Waals surface area contributed by atoms with E-state index in [2.05, 4.69) is 57.8 Å². The quantitative estimate of drug-likeness (QED) is 0.338. The van der Waals surface area contributed by atoms with Crippen molar-refractivity contribution in [2.45, 2.75) is 32.4 Å². The normalized spacial score (nSPS) is 21.2. The number of hydrogen-bond donors (Lipinski definition) is 2. The topological polar surface area (TPSA) is 58.1 Å². The zero-order valence-electron chi connectivity index (χ0n) is 18.3. The number of ether oxygens (including phenoxy) is 2. The van der Waals surface area contributed by atoms with E-state index < -0.39 is 0 Å². The van der Waals surface area contributed by atoms with Gasteiger partial charge in [-0.25, -0.2) is 0 Å². The van der Waals surface area contributed by atoms with Gasteiger partial charge in [-0.05, 0) is 37.0 Å². The lowest BCUT2D eigenvalue weighted by molar-refractivity contribution is 0.255. The summed E-state index contributed by atoms with van der Waals surface area (Å²) in [5, 5.41) is 6.87. The molecule has 2 N–H and O–H groups in total. The molecule has 6 nitrogen and oxygen atoms in total. The van der Waals surface area contributed by atoms with Crippen molar-refractivity contribution < 1.29 is 9.47 Å². The minimum atomic E-state index is 0. The second-order valence-corrected chi connectivity index (χ2v) is 8.16. The predicted octanol–water partition coefficient (Wildman–Crippen LogP) is 4.36. The van der Waals surface area contributed by atoms with Crippen LogP contribution in [-0.2, 0) is 6.54 Å². The molecule has 0 radical (unpaired) electrons. The molecule has 2 atom stereocenters. The first kappa shape index (κ1) is 23.7. The number of benzene rings is 2. The van der Waals surface area contributed by atoms with E-state index in [4.69, 9.17) is 9.47 Å². The monoisotopic (exact) mass is 536 g/mol. The van der Waals surface area contributed by atoms with Crippen LogP contribution < -0.4 is 20.1 Å². The second kappa shape index (κ2) is 11.6. The number of likely N-dealkylation sites (tertiary alicyclic amines) is 1. The van der Waals surface area contributed by atoms with E-state index >= 15 is 0 Å². The Balaban J connectivity index is 0.00000272. The zero-order valence-corrected chi connectivity index (χ0v) is 20.7. The number of nitrogens with zero attached hydrogens (tertiary/aromatic N) is 2. The predicted molar refractivity (Wildman–Crippen MR) is 137 cm³/mol. The summed E-state index contributed by atoms with van der Waals surface area (Å²) in [7, 11) is 1.80. The maximum Gasteiger partial charge on any atom is 0.195 e. The van der Waals surface area contributed by atoms with Crippen LogP contribution in [0.1, 0.15) is 25.3 Å². The molecule has 31 heavy (non-hydrogen) atoms. The van der Waals surface area contributed by atoms with Crippen molar-refractivity contribution in [1.29, 1.82) is 0 Å². The lowest BCUT2D eigenvalue weighted by Crippen LogP contribution is -2.35. The number of fused-ring (bicyclic) bond motifs is 1. The molecule has 2 unspecified atom stereocenters. The van der Waals surface area contributed by atoms with E-state index in [1.807, 2.05) is 18.2 Å². The summed E-state index contributed by atoms with van der Waals surface area (Å²) in [6, 6.07) is 17.2. The van der Waals surface area contributed by atoms with Gasteiger partial charge < -0.3 is 20.1 Å². The summed E-state index contributed by atoms with van der Waals surface area (Å²) in [6.07, 6.45) is 2.10. The Morgan fingerprint density at radius 1 is 1.10 bits per heavy atom. The fourth-order valence-electron chi connectivity index (χ4n) is 4.20. The van der Waals surface area contributed by atoms with Crippen LogP contribution in [0.15, 0.2) is 53.5 Å².